The molecule has 13 heavy (non-hydrogen) atoms. The second kappa shape index (κ2) is 3.18. The third-order valence-corrected chi connectivity index (χ3v) is 2.06. The summed E-state index contributed by atoms with van der Waals surface area (Å²) in [5.41, 5.74) is 0.946. The number of rotatable bonds is 2. The maximum absolute atomic E-state index is 10.3. The van der Waals surface area contributed by atoms with Crippen molar-refractivity contribution >= 4 is 23.4 Å². The highest BCUT2D eigenvalue weighted by molar-refractivity contribution is 6.30. The van der Waals surface area contributed by atoms with Crippen molar-refractivity contribution in [2.75, 3.05) is 0 Å². The van der Waals surface area contributed by atoms with Crippen LogP contribution < -0.4 is 0 Å². The topological polar surface area (TPSA) is 34.4 Å². The molecule has 0 amide bonds. The third-order valence-electron chi connectivity index (χ3n) is 1.83. The minimum absolute atomic E-state index is 0.314. The van der Waals surface area contributed by atoms with Crippen molar-refractivity contribution in [1.82, 2.24) is 9.38 Å². The molecule has 2 heterocycles. The molecule has 0 N–H and O–H groups in total. The molecule has 0 fully saturated rings. The normalized spacial score (nSPS) is 10.5. The number of carbonyl (C=O) groups excluding carboxylic acids is 1. The summed E-state index contributed by atoms with van der Waals surface area (Å²) in [5, 5.41) is 0.637. The van der Waals surface area contributed by atoms with E-state index in [1.807, 2.05) is 10.5 Å². The first-order chi connectivity index (χ1) is 6.31. The van der Waals surface area contributed by atoms with E-state index in [2.05, 4.69) is 4.98 Å². The predicted molar refractivity (Wildman–Crippen MR) is 50.0 cm³/mol. The highest BCUT2D eigenvalue weighted by atomic mass is 35.5. The van der Waals surface area contributed by atoms with Crippen molar-refractivity contribution in [2.24, 2.45) is 0 Å². The van der Waals surface area contributed by atoms with E-state index < -0.39 is 0 Å². The van der Waals surface area contributed by atoms with Crippen LogP contribution >= 0.6 is 11.6 Å². The molecule has 2 aromatic rings. The summed E-state index contributed by atoms with van der Waals surface area (Å²) in [5.74, 6) is 0.715. The number of hydrogen-bond donors (Lipinski definition) is 0. The van der Waals surface area contributed by atoms with Crippen LogP contribution in [-0.2, 0) is 11.2 Å². The number of pyridine rings is 1. The number of aromatic nitrogens is 2. The lowest BCUT2D eigenvalue weighted by molar-refractivity contribution is -0.107. The molecular formula is C9H7ClN2O. The predicted octanol–water partition coefficient (Wildman–Crippen LogP) is 1.73. The Balaban J connectivity index is 2.64. The van der Waals surface area contributed by atoms with Gasteiger partial charge in [-0.3, -0.25) is 0 Å². The molecule has 4 heteroatoms. The van der Waals surface area contributed by atoms with Gasteiger partial charge in [0.15, 0.2) is 0 Å². The zero-order valence-corrected chi connectivity index (χ0v) is 7.53. The maximum atomic E-state index is 10.3. The maximum Gasteiger partial charge on any atom is 0.127 e. The summed E-state index contributed by atoms with van der Waals surface area (Å²) in [6.07, 6.45) is 4.61. The van der Waals surface area contributed by atoms with Gasteiger partial charge in [-0.2, -0.15) is 0 Å². The van der Waals surface area contributed by atoms with E-state index in [0.29, 0.717) is 17.3 Å². The molecule has 0 aliphatic rings. The quantitative estimate of drug-likeness (QED) is 0.683. The van der Waals surface area contributed by atoms with Gasteiger partial charge in [-0.1, -0.05) is 11.6 Å². The van der Waals surface area contributed by atoms with E-state index in [-0.39, 0.29) is 0 Å². The molecule has 2 rings (SSSR count). The Morgan fingerprint density at radius 3 is 3.15 bits per heavy atom. The summed E-state index contributed by atoms with van der Waals surface area (Å²) in [6.45, 7) is 0. The van der Waals surface area contributed by atoms with E-state index >= 15 is 0 Å². The fourth-order valence-electron chi connectivity index (χ4n) is 1.24. The number of halogens is 1. The van der Waals surface area contributed by atoms with Crippen LogP contribution in [0, 0.1) is 0 Å². The number of imidazole rings is 1. The van der Waals surface area contributed by atoms with Gasteiger partial charge in [0.1, 0.15) is 12.1 Å². The summed E-state index contributed by atoms with van der Waals surface area (Å²) >= 11 is 5.81. The van der Waals surface area contributed by atoms with Crippen LogP contribution in [-0.4, -0.2) is 15.7 Å². The van der Waals surface area contributed by atoms with E-state index in [9.17, 15) is 4.79 Å². The van der Waals surface area contributed by atoms with E-state index in [0.717, 1.165) is 11.8 Å². The Morgan fingerprint density at radius 2 is 2.38 bits per heavy atom. The average molecular weight is 195 g/mol. The zero-order valence-electron chi connectivity index (χ0n) is 6.77. The Morgan fingerprint density at radius 1 is 1.54 bits per heavy atom. The number of nitrogens with zero attached hydrogens (tertiary/aromatic N) is 2. The first-order valence-electron chi connectivity index (χ1n) is 3.86. The van der Waals surface area contributed by atoms with Crippen LogP contribution in [0.5, 0.6) is 0 Å². The van der Waals surface area contributed by atoms with Crippen molar-refractivity contribution in [2.45, 2.75) is 6.42 Å². The van der Waals surface area contributed by atoms with Gasteiger partial charge >= 0.3 is 0 Å². The van der Waals surface area contributed by atoms with Gasteiger partial charge in [-0.15, -0.1) is 0 Å². The molecule has 0 aromatic carbocycles. The lowest BCUT2D eigenvalue weighted by atomic mass is 10.4. The Bertz CT molecular complexity index is 450. The van der Waals surface area contributed by atoms with Crippen LogP contribution in [0.4, 0.5) is 0 Å². The molecule has 0 unspecified atom stereocenters. The zero-order chi connectivity index (χ0) is 9.26. The minimum Gasteiger partial charge on any atom is -0.303 e. The summed E-state index contributed by atoms with van der Waals surface area (Å²) < 4.78 is 1.82. The molecule has 0 radical (unpaired) electrons. The van der Waals surface area contributed by atoms with Crippen LogP contribution in [0.25, 0.3) is 5.52 Å². The van der Waals surface area contributed by atoms with Crippen LogP contribution in [0.1, 0.15) is 5.82 Å². The summed E-state index contributed by atoms with van der Waals surface area (Å²) in [7, 11) is 0. The number of hydrogen-bond acceptors (Lipinski definition) is 2. The lowest BCUT2D eigenvalue weighted by Crippen LogP contribution is -1.94. The molecule has 0 atom stereocenters. The van der Waals surface area contributed by atoms with Gasteiger partial charge in [0, 0.05) is 6.20 Å². The van der Waals surface area contributed by atoms with Gasteiger partial charge < -0.3 is 9.20 Å². The number of carbonyl (C=O) groups is 1. The second-order valence-electron chi connectivity index (χ2n) is 2.69. The van der Waals surface area contributed by atoms with E-state index in [1.165, 1.54) is 0 Å². The molecule has 3 nitrogen and oxygen atoms in total. The molecule has 2 aromatic heterocycles. The molecule has 0 spiro atoms. The lowest BCUT2D eigenvalue weighted by Gasteiger charge is -1.97. The highest BCUT2D eigenvalue weighted by Gasteiger charge is 2.02. The van der Waals surface area contributed by atoms with E-state index in [4.69, 9.17) is 11.6 Å². The average Bonchev–Trinajstić information content (AvgIpc) is 2.49. The molecule has 0 saturated carbocycles. The molecule has 66 valence electrons. The van der Waals surface area contributed by atoms with Crippen molar-refractivity contribution in [3.63, 3.8) is 0 Å². The molecule has 0 aliphatic carbocycles. The third kappa shape index (κ3) is 1.42. The Labute approximate surface area is 80.0 Å². The molecule has 0 aliphatic heterocycles. The first kappa shape index (κ1) is 8.26. The van der Waals surface area contributed by atoms with Crippen LogP contribution in [0.3, 0.4) is 0 Å². The second-order valence-corrected chi connectivity index (χ2v) is 3.12. The number of fused-ring (bicyclic) bond motifs is 1. The van der Waals surface area contributed by atoms with E-state index in [1.54, 1.807) is 18.5 Å². The van der Waals surface area contributed by atoms with Crippen molar-refractivity contribution in [3.8, 4) is 0 Å². The van der Waals surface area contributed by atoms with Crippen molar-refractivity contribution in [1.29, 1.82) is 0 Å². The van der Waals surface area contributed by atoms with Gasteiger partial charge in [0.25, 0.3) is 0 Å². The Kier molecular flexibility index (Phi) is 2.02. The summed E-state index contributed by atoms with van der Waals surface area (Å²) in [6, 6.07) is 3.66. The van der Waals surface area contributed by atoms with Crippen molar-refractivity contribution in [3.05, 3.63) is 35.4 Å². The largest absolute Gasteiger partial charge is 0.303 e. The Hall–Kier alpha value is -1.35. The standard InChI is InChI=1S/C9H7ClN2O/c10-7-1-2-8-5-11-9(3-4-13)12(8)6-7/h1-2,4-6H,3H2. The van der Waals surface area contributed by atoms with Crippen LogP contribution in [0.15, 0.2) is 24.5 Å². The van der Waals surface area contributed by atoms with Crippen molar-refractivity contribution < 1.29 is 4.79 Å². The SMILES string of the molecule is O=CCc1ncc2ccc(Cl)cn12. The fourth-order valence-corrected chi connectivity index (χ4v) is 1.40. The smallest absolute Gasteiger partial charge is 0.127 e. The van der Waals surface area contributed by atoms with Gasteiger partial charge in [-0.05, 0) is 12.1 Å². The molecule has 0 saturated heterocycles. The molecular weight excluding hydrogens is 188 g/mol. The first-order valence-corrected chi connectivity index (χ1v) is 4.24. The van der Waals surface area contributed by atoms with Crippen LogP contribution in [0.2, 0.25) is 5.02 Å². The fraction of sp³-hybridized carbons (Fsp3) is 0.111. The highest BCUT2D eigenvalue weighted by Crippen LogP contribution is 2.12. The van der Waals surface area contributed by atoms with Gasteiger partial charge in [0.2, 0.25) is 0 Å². The molecule has 0 bridgehead atoms. The van der Waals surface area contributed by atoms with Gasteiger partial charge in [0.05, 0.1) is 23.2 Å². The monoisotopic (exact) mass is 194 g/mol. The van der Waals surface area contributed by atoms with Gasteiger partial charge in [-0.25, -0.2) is 4.98 Å². The number of aldehydes is 1. The summed E-state index contributed by atoms with van der Waals surface area (Å²) in [4.78, 5) is 14.4. The minimum atomic E-state index is 0.314.